The van der Waals surface area contributed by atoms with Crippen LogP contribution in [0.25, 0.3) is 22.2 Å². The van der Waals surface area contributed by atoms with Gasteiger partial charge in [-0.25, -0.2) is 4.98 Å². The van der Waals surface area contributed by atoms with Gasteiger partial charge in [0.1, 0.15) is 5.82 Å². The zero-order valence-corrected chi connectivity index (χ0v) is 16.6. The first kappa shape index (κ1) is 18.3. The second kappa shape index (κ2) is 7.93. The van der Waals surface area contributed by atoms with Gasteiger partial charge >= 0.3 is 0 Å². The number of fused-ring (bicyclic) bond motifs is 1. The van der Waals surface area contributed by atoms with Crippen molar-refractivity contribution in [3.63, 3.8) is 0 Å². The van der Waals surface area contributed by atoms with Crippen molar-refractivity contribution in [2.75, 3.05) is 55.9 Å². The fourth-order valence-corrected chi connectivity index (χ4v) is 3.93. The number of hydrogen-bond acceptors (Lipinski definition) is 7. The third-order valence-corrected chi connectivity index (χ3v) is 5.55. The van der Waals surface area contributed by atoms with Crippen molar-refractivity contribution < 1.29 is 9.47 Å². The molecule has 7 heteroatoms. The van der Waals surface area contributed by atoms with Gasteiger partial charge in [-0.15, -0.1) is 0 Å². The summed E-state index contributed by atoms with van der Waals surface area (Å²) in [6, 6.07) is 12.6. The van der Waals surface area contributed by atoms with Crippen molar-refractivity contribution in [2.45, 2.75) is 13.0 Å². The van der Waals surface area contributed by atoms with Crippen molar-refractivity contribution in [3.05, 3.63) is 42.6 Å². The standard InChI is InChI=1S/C22H25N5O2/c1-16-15-29-12-9-27(16)21-18-14-23-19(17-5-3-2-4-6-17)13-20(18)24-22(25-21)26-7-10-28-11-8-26/h2-6,13-14,16H,7-12,15H2,1H3. The summed E-state index contributed by atoms with van der Waals surface area (Å²) in [4.78, 5) is 19.2. The summed E-state index contributed by atoms with van der Waals surface area (Å²) < 4.78 is 11.2. The van der Waals surface area contributed by atoms with Crippen LogP contribution in [-0.2, 0) is 9.47 Å². The summed E-state index contributed by atoms with van der Waals surface area (Å²) in [6.07, 6.45) is 1.91. The normalized spacial score (nSPS) is 20.2. The quantitative estimate of drug-likeness (QED) is 0.680. The first-order valence-corrected chi connectivity index (χ1v) is 10.2. The molecule has 3 aromatic rings. The third-order valence-electron chi connectivity index (χ3n) is 5.55. The Kier molecular flexibility index (Phi) is 4.99. The lowest BCUT2D eigenvalue weighted by molar-refractivity contribution is 0.0986. The van der Waals surface area contributed by atoms with Gasteiger partial charge in [-0.3, -0.25) is 4.98 Å². The monoisotopic (exact) mass is 391 g/mol. The molecule has 5 rings (SSSR count). The molecule has 1 aromatic carbocycles. The lowest BCUT2D eigenvalue weighted by Crippen LogP contribution is -2.44. The average molecular weight is 391 g/mol. The van der Waals surface area contributed by atoms with Gasteiger partial charge in [0.15, 0.2) is 0 Å². The number of rotatable bonds is 3. The lowest BCUT2D eigenvalue weighted by atomic mass is 10.1. The molecule has 0 aliphatic carbocycles. The molecule has 2 saturated heterocycles. The Bertz CT molecular complexity index is 991. The molecule has 1 unspecified atom stereocenters. The van der Waals surface area contributed by atoms with Gasteiger partial charge in [-0.05, 0) is 13.0 Å². The molecule has 7 nitrogen and oxygen atoms in total. The topological polar surface area (TPSA) is 63.6 Å². The molecule has 0 saturated carbocycles. The maximum Gasteiger partial charge on any atom is 0.228 e. The maximum atomic E-state index is 5.64. The molecule has 150 valence electrons. The van der Waals surface area contributed by atoms with Crippen molar-refractivity contribution in [1.29, 1.82) is 0 Å². The Balaban J connectivity index is 1.64. The van der Waals surface area contributed by atoms with E-state index < -0.39 is 0 Å². The number of hydrogen-bond donors (Lipinski definition) is 0. The van der Waals surface area contributed by atoms with Gasteiger partial charge < -0.3 is 19.3 Å². The summed E-state index contributed by atoms with van der Waals surface area (Å²) in [6.45, 7) is 7.42. The molecular formula is C22H25N5O2. The molecule has 0 bridgehead atoms. The van der Waals surface area contributed by atoms with Gasteiger partial charge in [-0.1, -0.05) is 30.3 Å². The summed E-state index contributed by atoms with van der Waals surface area (Å²) in [5.74, 6) is 1.71. The molecule has 29 heavy (non-hydrogen) atoms. The maximum absolute atomic E-state index is 5.64. The molecule has 4 heterocycles. The van der Waals surface area contributed by atoms with Crippen LogP contribution < -0.4 is 9.80 Å². The first-order chi connectivity index (χ1) is 14.3. The predicted molar refractivity (Wildman–Crippen MR) is 113 cm³/mol. The average Bonchev–Trinajstić information content (AvgIpc) is 2.79. The van der Waals surface area contributed by atoms with Crippen LogP contribution in [0.15, 0.2) is 42.6 Å². The number of anilines is 2. The van der Waals surface area contributed by atoms with E-state index in [2.05, 4.69) is 34.9 Å². The van der Waals surface area contributed by atoms with Crippen LogP contribution in [0, 0.1) is 0 Å². The SMILES string of the molecule is CC1COCCN1c1nc(N2CCOCC2)nc2cc(-c3ccccc3)ncc12. The zero-order chi connectivity index (χ0) is 19.6. The molecule has 2 fully saturated rings. The molecule has 0 spiro atoms. The van der Waals surface area contributed by atoms with Gasteiger partial charge in [0.25, 0.3) is 0 Å². The molecule has 0 amide bonds. The van der Waals surface area contributed by atoms with Crippen LogP contribution in [0.3, 0.4) is 0 Å². The number of benzene rings is 1. The fourth-order valence-electron chi connectivity index (χ4n) is 3.93. The van der Waals surface area contributed by atoms with E-state index in [1.54, 1.807) is 0 Å². The molecule has 0 N–H and O–H groups in total. The fraction of sp³-hybridized carbons (Fsp3) is 0.409. The Morgan fingerprint density at radius 3 is 2.55 bits per heavy atom. The van der Waals surface area contributed by atoms with Gasteiger partial charge in [0.2, 0.25) is 5.95 Å². The Labute approximate surface area is 170 Å². The molecule has 2 aliphatic rings. The van der Waals surface area contributed by atoms with Crippen molar-refractivity contribution in [2.24, 2.45) is 0 Å². The van der Waals surface area contributed by atoms with Crippen molar-refractivity contribution in [1.82, 2.24) is 15.0 Å². The highest BCUT2D eigenvalue weighted by atomic mass is 16.5. The minimum Gasteiger partial charge on any atom is -0.378 e. The van der Waals surface area contributed by atoms with E-state index in [1.807, 2.05) is 24.4 Å². The Morgan fingerprint density at radius 2 is 1.76 bits per heavy atom. The Hall–Kier alpha value is -2.77. The number of ether oxygens (including phenoxy) is 2. The second-order valence-electron chi connectivity index (χ2n) is 7.52. The van der Waals surface area contributed by atoms with Crippen molar-refractivity contribution >= 4 is 22.7 Å². The summed E-state index contributed by atoms with van der Waals surface area (Å²) >= 11 is 0. The van der Waals surface area contributed by atoms with Crippen LogP contribution in [0.4, 0.5) is 11.8 Å². The molecular weight excluding hydrogens is 366 g/mol. The van der Waals surface area contributed by atoms with E-state index in [-0.39, 0.29) is 6.04 Å². The molecule has 2 aromatic heterocycles. The second-order valence-corrected chi connectivity index (χ2v) is 7.52. The summed E-state index contributed by atoms with van der Waals surface area (Å²) in [5.41, 5.74) is 2.93. The highest BCUT2D eigenvalue weighted by molar-refractivity contribution is 5.92. The van der Waals surface area contributed by atoms with E-state index in [4.69, 9.17) is 24.4 Å². The number of nitrogens with zero attached hydrogens (tertiary/aromatic N) is 5. The first-order valence-electron chi connectivity index (χ1n) is 10.2. The van der Waals surface area contributed by atoms with E-state index in [0.29, 0.717) is 26.4 Å². The molecule has 1 atom stereocenters. The number of pyridine rings is 1. The largest absolute Gasteiger partial charge is 0.378 e. The third kappa shape index (κ3) is 3.63. The van der Waals surface area contributed by atoms with Crippen molar-refractivity contribution in [3.8, 4) is 11.3 Å². The minimum atomic E-state index is 0.258. The smallest absolute Gasteiger partial charge is 0.228 e. The highest BCUT2D eigenvalue weighted by Gasteiger charge is 2.25. The molecule has 0 radical (unpaired) electrons. The number of aromatic nitrogens is 3. The zero-order valence-electron chi connectivity index (χ0n) is 16.6. The van der Waals surface area contributed by atoms with Gasteiger partial charge in [-0.2, -0.15) is 4.98 Å². The van der Waals surface area contributed by atoms with E-state index in [1.165, 1.54) is 0 Å². The van der Waals surface area contributed by atoms with Crippen LogP contribution in [0.1, 0.15) is 6.92 Å². The van der Waals surface area contributed by atoms with Gasteiger partial charge in [0.05, 0.1) is 49.1 Å². The van der Waals surface area contributed by atoms with E-state index >= 15 is 0 Å². The Morgan fingerprint density at radius 1 is 0.966 bits per heavy atom. The van der Waals surface area contributed by atoms with E-state index in [9.17, 15) is 0 Å². The summed E-state index contributed by atoms with van der Waals surface area (Å²) in [7, 11) is 0. The number of morpholine rings is 2. The van der Waals surface area contributed by atoms with Crippen LogP contribution >= 0.6 is 0 Å². The van der Waals surface area contributed by atoms with E-state index in [0.717, 1.165) is 53.6 Å². The molecule has 2 aliphatic heterocycles. The van der Waals surface area contributed by atoms with Crippen LogP contribution in [0.2, 0.25) is 0 Å². The summed E-state index contributed by atoms with van der Waals surface area (Å²) in [5, 5.41) is 0.982. The lowest BCUT2D eigenvalue weighted by Gasteiger charge is -2.35. The minimum absolute atomic E-state index is 0.258. The van der Waals surface area contributed by atoms with Gasteiger partial charge in [0, 0.05) is 31.4 Å². The van der Waals surface area contributed by atoms with Crippen LogP contribution in [0.5, 0.6) is 0 Å². The highest BCUT2D eigenvalue weighted by Crippen LogP contribution is 2.31. The van der Waals surface area contributed by atoms with Crippen LogP contribution in [-0.4, -0.2) is 67.1 Å². The predicted octanol–water partition coefficient (Wildman–Crippen LogP) is 2.75.